The Bertz CT molecular complexity index is 361. The lowest BCUT2D eigenvalue weighted by Crippen LogP contribution is -2.31. The summed E-state index contributed by atoms with van der Waals surface area (Å²) in [4.78, 5) is 0. The number of nitrogens with one attached hydrogen (secondary N) is 1. The van der Waals surface area contributed by atoms with Crippen molar-refractivity contribution >= 4 is 23.4 Å². The van der Waals surface area contributed by atoms with E-state index in [0.717, 1.165) is 23.6 Å². The number of benzene rings is 1. The highest BCUT2D eigenvalue weighted by molar-refractivity contribution is 7.99. The Labute approximate surface area is 131 Å². The van der Waals surface area contributed by atoms with E-state index in [9.17, 15) is 5.11 Å². The first-order valence-electron chi connectivity index (χ1n) is 6.85. The van der Waals surface area contributed by atoms with Crippen molar-refractivity contribution in [3.8, 4) is 0 Å². The highest BCUT2D eigenvalue weighted by atomic mass is 35.5. The van der Waals surface area contributed by atoms with Crippen LogP contribution in [-0.2, 0) is 11.3 Å². The topological polar surface area (TPSA) is 41.5 Å². The number of aliphatic hydroxyl groups excluding tert-OH is 1. The molecule has 1 rings (SSSR count). The van der Waals surface area contributed by atoms with Gasteiger partial charge in [-0.05, 0) is 36.9 Å². The van der Waals surface area contributed by atoms with Gasteiger partial charge < -0.3 is 15.2 Å². The van der Waals surface area contributed by atoms with Crippen LogP contribution in [0.5, 0.6) is 0 Å². The van der Waals surface area contributed by atoms with Crippen LogP contribution in [0.4, 0.5) is 0 Å². The third-order valence-electron chi connectivity index (χ3n) is 3.00. The van der Waals surface area contributed by atoms with E-state index in [2.05, 4.69) is 18.5 Å². The standard InChI is InChI=1S/C15H24ClNO2S/c1-12(20-2)7-8-17-9-15(18)11-19-10-13-3-5-14(16)6-4-13/h3-6,12,15,17-18H,7-11H2,1-2H3. The maximum absolute atomic E-state index is 9.78. The first-order valence-corrected chi connectivity index (χ1v) is 8.52. The molecule has 114 valence electrons. The summed E-state index contributed by atoms with van der Waals surface area (Å²) < 4.78 is 5.48. The molecule has 20 heavy (non-hydrogen) atoms. The summed E-state index contributed by atoms with van der Waals surface area (Å²) in [6.07, 6.45) is 2.76. The quantitative estimate of drug-likeness (QED) is 0.651. The molecule has 0 saturated heterocycles. The Morgan fingerprint density at radius 2 is 2.05 bits per heavy atom. The summed E-state index contributed by atoms with van der Waals surface area (Å²) in [7, 11) is 0. The van der Waals surface area contributed by atoms with Gasteiger partial charge in [-0.15, -0.1) is 0 Å². The summed E-state index contributed by atoms with van der Waals surface area (Å²) in [6.45, 7) is 4.54. The monoisotopic (exact) mass is 317 g/mol. The molecule has 0 aliphatic heterocycles. The van der Waals surface area contributed by atoms with E-state index in [1.807, 2.05) is 36.0 Å². The van der Waals surface area contributed by atoms with Gasteiger partial charge in [-0.2, -0.15) is 11.8 Å². The van der Waals surface area contributed by atoms with Crippen molar-refractivity contribution in [2.75, 3.05) is 26.0 Å². The van der Waals surface area contributed by atoms with E-state index in [0.29, 0.717) is 25.0 Å². The van der Waals surface area contributed by atoms with Crippen LogP contribution in [-0.4, -0.2) is 42.4 Å². The number of halogens is 1. The van der Waals surface area contributed by atoms with E-state index in [-0.39, 0.29) is 0 Å². The van der Waals surface area contributed by atoms with Crippen molar-refractivity contribution in [2.24, 2.45) is 0 Å². The van der Waals surface area contributed by atoms with Gasteiger partial charge in [-0.25, -0.2) is 0 Å². The lowest BCUT2D eigenvalue weighted by molar-refractivity contribution is 0.0289. The van der Waals surface area contributed by atoms with Crippen LogP contribution >= 0.6 is 23.4 Å². The van der Waals surface area contributed by atoms with E-state index in [1.54, 1.807) is 0 Å². The predicted molar refractivity (Wildman–Crippen MR) is 87.6 cm³/mol. The zero-order valence-corrected chi connectivity index (χ0v) is 13.7. The Hall–Kier alpha value is -0.260. The molecule has 1 aromatic rings. The average Bonchev–Trinajstić information content (AvgIpc) is 2.45. The highest BCUT2D eigenvalue weighted by Crippen LogP contribution is 2.10. The predicted octanol–water partition coefficient (Wildman–Crippen LogP) is 2.95. The Morgan fingerprint density at radius 1 is 1.35 bits per heavy atom. The zero-order valence-electron chi connectivity index (χ0n) is 12.1. The first-order chi connectivity index (χ1) is 9.61. The third kappa shape index (κ3) is 8.12. The lowest BCUT2D eigenvalue weighted by Gasteiger charge is -2.13. The van der Waals surface area contributed by atoms with Crippen molar-refractivity contribution in [3.05, 3.63) is 34.9 Å². The SMILES string of the molecule is CSC(C)CCNCC(O)COCc1ccc(Cl)cc1. The molecule has 2 unspecified atom stereocenters. The summed E-state index contributed by atoms with van der Waals surface area (Å²) in [5.41, 5.74) is 1.06. The minimum absolute atomic E-state index is 0.341. The second-order valence-electron chi connectivity index (χ2n) is 4.83. The van der Waals surface area contributed by atoms with Crippen LogP contribution in [0.15, 0.2) is 24.3 Å². The van der Waals surface area contributed by atoms with Gasteiger partial charge >= 0.3 is 0 Å². The van der Waals surface area contributed by atoms with E-state index < -0.39 is 6.10 Å². The third-order valence-corrected chi connectivity index (χ3v) is 4.29. The molecular weight excluding hydrogens is 294 g/mol. The second-order valence-corrected chi connectivity index (χ2v) is 6.55. The van der Waals surface area contributed by atoms with Gasteiger partial charge in [0.2, 0.25) is 0 Å². The molecule has 2 atom stereocenters. The summed E-state index contributed by atoms with van der Waals surface area (Å²) in [5, 5.41) is 14.4. The van der Waals surface area contributed by atoms with Crippen LogP contribution in [0, 0.1) is 0 Å². The Balaban J connectivity index is 2.05. The van der Waals surface area contributed by atoms with Crippen molar-refractivity contribution < 1.29 is 9.84 Å². The fourth-order valence-corrected chi connectivity index (χ4v) is 2.12. The minimum Gasteiger partial charge on any atom is -0.389 e. The fraction of sp³-hybridized carbons (Fsp3) is 0.600. The molecule has 5 heteroatoms. The zero-order chi connectivity index (χ0) is 14.8. The molecular formula is C15H24ClNO2S. The molecule has 0 aliphatic carbocycles. The van der Waals surface area contributed by atoms with E-state index >= 15 is 0 Å². The van der Waals surface area contributed by atoms with Gasteiger partial charge in [0.15, 0.2) is 0 Å². The fourth-order valence-electron chi connectivity index (χ4n) is 1.64. The molecule has 0 bridgehead atoms. The smallest absolute Gasteiger partial charge is 0.0897 e. The van der Waals surface area contributed by atoms with Gasteiger partial charge in [-0.3, -0.25) is 0 Å². The van der Waals surface area contributed by atoms with Crippen LogP contribution in [0.1, 0.15) is 18.9 Å². The summed E-state index contributed by atoms with van der Waals surface area (Å²) in [6, 6.07) is 7.53. The molecule has 0 radical (unpaired) electrons. The van der Waals surface area contributed by atoms with Crippen molar-refractivity contribution in [3.63, 3.8) is 0 Å². The summed E-state index contributed by atoms with van der Waals surface area (Å²) >= 11 is 7.67. The first kappa shape index (κ1) is 17.8. The summed E-state index contributed by atoms with van der Waals surface area (Å²) in [5.74, 6) is 0. The number of rotatable bonds is 10. The van der Waals surface area contributed by atoms with Gasteiger partial charge in [0.05, 0.1) is 19.3 Å². The largest absolute Gasteiger partial charge is 0.389 e. The van der Waals surface area contributed by atoms with Crippen molar-refractivity contribution in [1.29, 1.82) is 0 Å². The second kappa shape index (κ2) is 10.5. The number of ether oxygens (including phenoxy) is 1. The highest BCUT2D eigenvalue weighted by Gasteiger charge is 2.05. The van der Waals surface area contributed by atoms with Gasteiger partial charge in [0, 0.05) is 16.8 Å². The van der Waals surface area contributed by atoms with E-state index in [1.165, 1.54) is 0 Å². The van der Waals surface area contributed by atoms with Crippen LogP contribution in [0.25, 0.3) is 0 Å². The van der Waals surface area contributed by atoms with Gasteiger partial charge in [-0.1, -0.05) is 30.7 Å². The molecule has 2 N–H and O–H groups in total. The van der Waals surface area contributed by atoms with Crippen LogP contribution < -0.4 is 5.32 Å². The van der Waals surface area contributed by atoms with Crippen LogP contribution in [0.3, 0.4) is 0 Å². The molecule has 3 nitrogen and oxygen atoms in total. The maximum atomic E-state index is 9.78. The van der Waals surface area contributed by atoms with Gasteiger partial charge in [0.25, 0.3) is 0 Å². The molecule has 0 amide bonds. The van der Waals surface area contributed by atoms with Crippen molar-refractivity contribution in [1.82, 2.24) is 5.32 Å². The number of aliphatic hydroxyl groups is 1. The average molecular weight is 318 g/mol. The lowest BCUT2D eigenvalue weighted by atomic mass is 10.2. The van der Waals surface area contributed by atoms with Crippen LogP contribution in [0.2, 0.25) is 5.02 Å². The normalized spacial score (nSPS) is 14.2. The van der Waals surface area contributed by atoms with E-state index in [4.69, 9.17) is 16.3 Å². The molecule has 0 spiro atoms. The molecule has 1 aromatic carbocycles. The Morgan fingerprint density at radius 3 is 2.70 bits per heavy atom. The molecule has 0 aliphatic rings. The number of thioether (sulfide) groups is 1. The Kier molecular flexibility index (Phi) is 9.31. The molecule has 0 heterocycles. The van der Waals surface area contributed by atoms with Gasteiger partial charge in [0.1, 0.15) is 0 Å². The molecule has 0 aromatic heterocycles. The molecule has 0 fully saturated rings. The maximum Gasteiger partial charge on any atom is 0.0897 e. The minimum atomic E-state index is -0.466. The van der Waals surface area contributed by atoms with Crippen molar-refractivity contribution in [2.45, 2.75) is 31.3 Å². The number of hydrogen-bond acceptors (Lipinski definition) is 4. The molecule has 0 saturated carbocycles. The number of hydrogen-bond donors (Lipinski definition) is 2.